The number of hydrogen-bond donors (Lipinski definition) is 1. The quantitative estimate of drug-likeness (QED) is 0.340. The molecule has 0 spiro atoms. The van der Waals surface area contributed by atoms with E-state index < -0.39 is 10.0 Å². The van der Waals surface area contributed by atoms with Gasteiger partial charge in [0, 0.05) is 12.8 Å². The molecule has 1 aromatic heterocycles. The van der Waals surface area contributed by atoms with E-state index in [4.69, 9.17) is 4.98 Å². The Balaban J connectivity index is 1.51. The minimum atomic E-state index is -3.91. The van der Waals surface area contributed by atoms with Crippen LogP contribution in [-0.4, -0.2) is 24.2 Å². The summed E-state index contributed by atoms with van der Waals surface area (Å²) >= 11 is 0. The van der Waals surface area contributed by atoms with Gasteiger partial charge in [-0.05, 0) is 53.1 Å². The van der Waals surface area contributed by atoms with Gasteiger partial charge in [0.2, 0.25) is 0 Å². The first-order chi connectivity index (χ1) is 16.9. The third kappa shape index (κ3) is 5.05. The number of nitrogens with zero attached hydrogens (tertiary/aromatic N) is 2. The SMILES string of the molecule is CC(=O)Cc1ccc(S(=O)(=O)Nc2nc3ccccc3nc2Cc2ccc3ccccc3c2)cc1. The van der Waals surface area contributed by atoms with Gasteiger partial charge in [-0.25, -0.2) is 18.4 Å². The van der Waals surface area contributed by atoms with Crippen LogP contribution in [0.15, 0.2) is 95.9 Å². The Labute approximate surface area is 203 Å². The summed E-state index contributed by atoms with van der Waals surface area (Å²) in [6.45, 7) is 1.50. The van der Waals surface area contributed by atoms with Crippen LogP contribution in [0, 0.1) is 0 Å². The van der Waals surface area contributed by atoms with Gasteiger partial charge >= 0.3 is 0 Å². The number of aromatic nitrogens is 2. The van der Waals surface area contributed by atoms with Crippen molar-refractivity contribution in [3.8, 4) is 0 Å². The lowest BCUT2D eigenvalue weighted by molar-refractivity contribution is -0.116. The van der Waals surface area contributed by atoms with E-state index in [1.54, 1.807) is 18.2 Å². The number of carbonyl (C=O) groups is 1. The Morgan fingerprint density at radius 1 is 0.771 bits per heavy atom. The first-order valence-corrected chi connectivity index (χ1v) is 12.7. The Hall–Kier alpha value is -4.10. The maximum atomic E-state index is 13.2. The molecule has 35 heavy (non-hydrogen) atoms. The predicted molar refractivity (Wildman–Crippen MR) is 138 cm³/mol. The fourth-order valence-corrected chi connectivity index (χ4v) is 5.07. The average Bonchev–Trinajstić information content (AvgIpc) is 2.84. The van der Waals surface area contributed by atoms with Gasteiger partial charge in [0.05, 0.1) is 21.6 Å². The monoisotopic (exact) mass is 481 g/mol. The van der Waals surface area contributed by atoms with Crippen LogP contribution in [0.1, 0.15) is 23.7 Å². The van der Waals surface area contributed by atoms with Crippen molar-refractivity contribution in [1.29, 1.82) is 0 Å². The van der Waals surface area contributed by atoms with Gasteiger partial charge in [-0.3, -0.25) is 9.52 Å². The number of sulfonamides is 1. The fraction of sp³-hybridized carbons (Fsp3) is 0.107. The highest BCUT2D eigenvalue weighted by molar-refractivity contribution is 7.92. The zero-order chi connectivity index (χ0) is 24.4. The third-order valence-corrected chi connectivity index (χ3v) is 7.10. The molecule has 0 saturated heterocycles. The number of nitrogens with one attached hydrogen (secondary N) is 1. The fourth-order valence-electron chi connectivity index (χ4n) is 4.04. The molecule has 0 bridgehead atoms. The van der Waals surface area contributed by atoms with Crippen LogP contribution in [0.25, 0.3) is 21.8 Å². The Bertz CT molecular complexity index is 1660. The van der Waals surface area contributed by atoms with Crippen LogP contribution in [0.5, 0.6) is 0 Å². The second-order valence-corrected chi connectivity index (χ2v) is 10.2. The molecule has 0 saturated carbocycles. The summed E-state index contributed by atoms with van der Waals surface area (Å²) in [6, 6.07) is 27.9. The zero-order valence-electron chi connectivity index (χ0n) is 19.1. The van der Waals surface area contributed by atoms with Gasteiger partial charge in [0.1, 0.15) is 5.78 Å². The molecule has 174 valence electrons. The summed E-state index contributed by atoms with van der Waals surface area (Å²) in [6.07, 6.45) is 0.678. The molecule has 1 N–H and O–H groups in total. The van der Waals surface area contributed by atoms with Gasteiger partial charge in [-0.2, -0.15) is 0 Å². The van der Waals surface area contributed by atoms with Crippen LogP contribution in [0.4, 0.5) is 5.82 Å². The van der Waals surface area contributed by atoms with E-state index in [-0.39, 0.29) is 22.9 Å². The Morgan fingerprint density at radius 2 is 1.40 bits per heavy atom. The molecular formula is C28H23N3O3S. The first-order valence-electron chi connectivity index (χ1n) is 11.2. The molecule has 0 aliphatic rings. The number of anilines is 1. The van der Waals surface area contributed by atoms with E-state index in [9.17, 15) is 13.2 Å². The van der Waals surface area contributed by atoms with Crippen molar-refractivity contribution >= 4 is 43.4 Å². The molecule has 0 unspecified atom stereocenters. The van der Waals surface area contributed by atoms with Crippen molar-refractivity contribution < 1.29 is 13.2 Å². The van der Waals surface area contributed by atoms with Crippen molar-refractivity contribution in [3.05, 3.63) is 108 Å². The molecule has 0 radical (unpaired) electrons. The van der Waals surface area contributed by atoms with Gasteiger partial charge < -0.3 is 0 Å². The van der Waals surface area contributed by atoms with Crippen LogP contribution in [0.2, 0.25) is 0 Å². The summed E-state index contributed by atoms with van der Waals surface area (Å²) in [7, 11) is -3.91. The highest BCUT2D eigenvalue weighted by Gasteiger charge is 2.19. The van der Waals surface area contributed by atoms with Gasteiger partial charge in [0.25, 0.3) is 10.0 Å². The second kappa shape index (κ2) is 9.27. The Morgan fingerprint density at radius 3 is 2.11 bits per heavy atom. The molecule has 7 heteroatoms. The van der Waals surface area contributed by atoms with Crippen LogP contribution in [0.3, 0.4) is 0 Å². The molecule has 0 fully saturated rings. The topological polar surface area (TPSA) is 89.0 Å². The van der Waals surface area contributed by atoms with Crippen LogP contribution in [-0.2, 0) is 27.7 Å². The second-order valence-electron chi connectivity index (χ2n) is 8.49. The van der Waals surface area contributed by atoms with Gasteiger partial charge in [-0.15, -0.1) is 0 Å². The number of Topliss-reactive ketones (excluding diaryl/α,β-unsaturated/α-hetero) is 1. The number of ketones is 1. The summed E-state index contributed by atoms with van der Waals surface area (Å²) in [4.78, 5) is 20.8. The zero-order valence-corrected chi connectivity index (χ0v) is 19.9. The molecule has 0 aliphatic heterocycles. The highest BCUT2D eigenvalue weighted by atomic mass is 32.2. The predicted octanol–water partition coefficient (Wildman–Crippen LogP) is 5.31. The molecule has 5 aromatic rings. The number of carbonyl (C=O) groups excluding carboxylic acids is 1. The van der Waals surface area contributed by atoms with E-state index >= 15 is 0 Å². The number of para-hydroxylation sites is 2. The van der Waals surface area contributed by atoms with Crippen molar-refractivity contribution in [2.75, 3.05) is 4.72 Å². The van der Waals surface area contributed by atoms with Gasteiger partial charge in [-0.1, -0.05) is 66.7 Å². The van der Waals surface area contributed by atoms with Crippen molar-refractivity contribution in [2.24, 2.45) is 0 Å². The maximum Gasteiger partial charge on any atom is 0.263 e. The standard InChI is InChI=1S/C28H23N3O3S/c1-19(32)16-20-11-14-24(15-12-20)35(33,34)31-28-27(29-25-8-4-5-9-26(25)30-28)18-21-10-13-22-6-2-3-7-23(22)17-21/h2-15,17H,16,18H2,1H3,(H,30,31). The average molecular weight is 482 g/mol. The van der Waals surface area contributed by atoms with Crippen molar-refractivity contribution in [3.63, 3.8) is 0 Å². The highest BCUT2D eigenvalue weighted by Crippen LogP contribution is 2.25. The number of benzene rings is 4. The van der Waals surface area contributed by atoms with E-state index in [1.165, 1.54) is 19.1 Å². The lowest BCUT2D eigenvalue weighted by Gasteiger charge is -2.13. The third-order valence-electron chi connectivity index (χ3n) is 5.75. The maximum absolute atomic E-state index is 13.2. The van der Waals surface area contributed by atoms with Gasteiger partial charge in [0.15, 0.2) is 5.82 Å². The molecular weight excluding hydrogens is 458 g/mol. The number of hydrogen-bond acceptors (Lipinski definition) is 5. The number of fused-ring (bicyclic) bond motifs is 2. The molecule has 0 atom stereocenters. The van der Waals surface area contributed by atoms with Crippen molar-refractivity contribution in [2.45, 2.75) is 24.7 Å². The smallest absolute Gasteiger partial charge is 0.263 e. The largest absolute Gasteiger partial charge is 0.300 e. The summed E-state index contributed by atoms with van der Waals surface area (Å²) in [5, 5.41) is 2.24. The molecule has 6 nitrogen and oxygen atoms in total. The minimum absolute atomic E-state index is 0.0171. The minimum Gasteiger partial charge on any atom is -0.300 e. The molecule has 5 rings (SSSR count). The van der Waals surface area contributed by atoms with Crippen LogP contribution < -0.4 is 4.72 Å². The molecule has 4 aromatic carbocycles. The van der Waals surface area contributed by atoms with E-state index in [0.717, 1.165) is 21.9 Å². The Kier molecular flexibility index (Phi) is 6.01. The number of rotatable bonds is 7. The normalized spacial score (nSPS) is 11.6. The molecule has 0 amide bonds. The van der Waals surface area contributed by atoms with Crippen LogP contribution >= 0.6 is 0 Å². The first kappa shape index (κ1) is 22.7. The summed E-state index contributed by atoms with van der Waals surface area (Å²) in [5.74, 6) is 0.216. The summed E-state index contributed by atoms with van der Waals surface area (Å²) < 4.78 is 29.1. The lowest BCUT2D eigenvalue weighted by Crippen LogP contribution is -2.16. The van der Waals surface area contributed by atoms with Crippen molar-refractivity contribution in [1.82, 2.24) is 9.97 Å². The van der Waals surface area contributed by atoms with E-state index in [0.29, 0.717) is 23.1 Å². The van der Waals surface area contributed by atoms with E-state index in [1.807, 2.05) is 48.5 Å². The van der Waals surface area contributed by atoms with E-state index in [2.05, 4.69) is 21.8 Å². The lowest BCUT2D eigenvalue weighted by atomic mass is 10.0. The summed E-state index contributed by atoms with van der Waals surface area (Å²) in [5.41, 5.74) is 3.60. The molecule has 0 aliphatic carbocycles. The molecule has 1 heterocycles.